The van der Waals surface area contributed by atoms with E-state index < -0.39 is 69.7 Å². The molecule has 3 aliphatic carbocycles. The maximum absolute atomic E-state index is 14.1. The van der Waals surface area contributed by atoms with Crippen LogP contribution in [0.5, 0.6) is 5.75 Å². The number of anilines is 2. The summed E-state index contributed by atoms with van der Waals surface area (Å²) in [4.78, 5) is 55.8. The van der Waals surface area contributed by atoms with Crippen LogP contribution in [-0.2, 0) is 32.1 Å². The third-order valence-corrected chi connectivity index (χ3v) is 8.80. The lowest BCUT2D eigenvalue weighted by Crippen LogP contribution is -2.63. The summed E-state index contributed by atoms with van der Waals surface area (Å²) in [7, 11) is 6.59. The van der Waals surface area contributed by atoms with Crippen LogP contribution in [0.1, 0.15) is 27.9 Å². The van der Waals surface area contributed by atoms with E-state index in [1.54, 1.807) is 33.1 Å². The number of nitrogens with one attached hydrogen (secondary N) is 1. The van der Waals surface area contributed by atoms with Gasteiger partial charge in [-0.1, -0.05) is 30.3 Å². The second-order valence-electron chi connectivity index (χ2n) is 12.0. The first-order valence-corrected chi connectivity index (χ1v) is 14.3. The second kappa shape index (κ2) is 11.7. The van der Waals surface area contributed by atoms with Crippen LogP contribution in [-0.4, -0.2) is 95.1 Å². The van der Waals surface area contributed by atoms with Crippen molar-refractivity contribution in [2.75, 3.05) is 45.0 Å². The molecule has 13 nitrogen and oxygen atoms in total. The zero-order valence-electron chi connectivity index (χ0n) is 25.3. The third kappa shape index (κ3) is 5.12. The number of aromatic hydroxyl groups is 1. The topological polar surface area (TPSA) is 203 Å². The number of carbonyl (C=O) groups excluding carboxylic acids is 4. The number of aliphatic hydroxyl groups is 3. The van der Waals surface area contributed by atoms with Gasteiger partial charge in [0.2, 0.25) is 11.7 Å². The molecule has 0 saturated carbocycles. The number of fused-ring (bicyclic) bond motifs is 3. The number of primary amides is 1. The van der Waals surface area contributed by atoms with Gasteiger partial charge < -0.3 is 41.1 Å². The average molecular weight is 621 g/mol. The number of allylic oxidation sites excluding steroid dienone is 1. The molecule has 0 fully saturated rings. The van der Waals surface area contributed by atoms with Crippen molar-refractivity contribution in [2.45, 2.75) is 31.1 Å². The second-order valence-corrected chi connectivity index (χ2v) is 12.0. The van der Waals surface area contributed by atoms with Gasteiger partial charge in [0.1, 0.15) is 23.7 Å². The summed E-state index contributed by atoms with van der Waals surface area (Å²) in [6, 6.07) is 9.68. The molecule has 0 heterocycles. The average Bonchev–Trinajstić information content (AvgIpc) is 2.96. The van der Waals surface area contributed by atoms with Gasteiger partial charge in [0.25, 0.3) is 5.91 Å². The van der Waals surface area contributed by atoms with E-state index in [-0.39, 0.29) is 42.9 Å². The van der Waals surface area contributed by atoms with E-state index in [2.05, 4.69) is 5.32 Å². The number of phenolic OH excluding ortho intramolecular Hbond substituents is 1. The zero-order chi connectivity index (χ0) is 33.0. The molecular formula is C32H36N4O9. The minimum absolute atomic E-state index is 0.0311. The predicted molar refractivity (Wildman–Crippen MR) is 163 cm³/mol. The third-order valence-electron chi connectivity index (χ3n) is 8.80. The highest BCUT2D eigenvalue weighted by molar-refractivity contribution is 6.25. The highest BCUT2D eigenvalue weighted by Crippen LogP contribution is 2.53. The normalized spacial score (nSPS) is 24.3. The Hall–Kier alpha value is -4.72. The van der Waals surface area contributed by atoms with Crippen molar-refractivity contribution in [3.05, 3.63) is 75.8 Å². The molecule has 0 aliphatic heterocycles. The summed E-state index contributed by atoms with van der Waals surface area (Å²) >= 11 is 0. The number of nitrogens with zero attached hydrogens (tertiary/aromatic N) is 2. The van der Waals surface area contributed by atoms with Crippen LogP contribution in [0.25, 0.3) is 0 Å². The van der Waals surface area contributed by atoms with Crippen molar-refractivity contribution in [2.24, 2.45) is 17.6 Å². The smallest absolute Gasteiger partial charge is 0.255 e. The first-order valence-electron chi connectivity index (χ1n) is 14.3. The van der Waals surface area contributed by atoms with Crippen LogP contribution in [0.15, 0.2) is 59.1 Å². The molecule has 13 heteroatoms. The van der Waals surface area contributed by atoms with Crippen LogP contribution >= 0.6 is 0 Å². The van der Waals surface area contributed by atoms with Crippen LogP contribution in [0.4, 0.5) is 11.4 Å². The molecule has 5 rings (SSSR count). The number of ether oxygens (including phenoxy) is 1. The molecule has 0 aromatic heterocycles. The molecule has 2 unspecified atom stereocenters. The fraction of sp³-hybridized carbons (Fsp3) is 0.375. The minimum atomic E-state index is -2.74. The number of nitrogens with two attached hydrogens (primary N) is 1. The Labute approximate surface area is 259 Å². The van der Waals surface area contributed by atoms with Gasteiger partial charge in [0.05, 0.1) is 23.9 Å². The van der Waals surface area contributed by atoms with Crippen LogP contribution in [0.2, 0.25) is 0 Å². The standard InChI is InChI=1S/C32H36N4O9/c1-35(2)20-12-19(34-21(37)14-45-13-15-8-6-5-7-9-15)26(38)23-17(20)10-16-11-18-25(36(3)4)28(40)24(31(33)43)30(42)32(18,44)29(41)22(16)27(23)39/h5-9,12,16,18,25,38,40-41,44H,10-11,13-14H2,1-4H3,(H2,33,43)(H,34,37)/t16?,18?,25-,32-/m0/s1. The number of phenols is 1. The first-order chi connectivity index (χ1) is 21.2. The van der Waals surface area contributed by atoms with Gasteiger partial charge in [-0.25, -0.2) is 0 Å². The summed E-state index contributed by atoms with van der Waals surface area (Å²) < 4.78 is 5.49. The number of ketones is 2. The maximum Gasteiger partial charge on any atom is 0.255 e. The van der Waals surface area contributed by atoms with Gasteiger partial charge >= 0.3 is 0 Å². The van der Waals surface area contributed by atoms with E-state index in [9.17, 15) is 39.6 Å². The molecule has 238 valence electrons. The monoisotopic (exact) mass is 620 g/mol. The van der Waals surface area contributed by atoms with Crippen LogP contribution in [0.3, 0.4) is 0 Å². The van der Waals surface area contributed by atoms with Crippen molar-refractivity contribution in [1.82, 2.24) is 4.90 Å². The Morgan fingerprint density at radius 1 is 1.09 bits per heavy atom. The van der Waals surface area contributed by atoms with Gasteiger partial charge in [-0.2, -0.15) is 0 Å². The van der Waals surface area contributed by atoms with E-state index >= 15 is 0 Å². The summed E-state index contributed by atoms with van der Waals surface area (Å²) in [6.07, 6.45) is 0.0840. The summed E-state index contributed by atoms with van der Waals surface area (Å²) in [5, 5.41) is 48.1. The van der Waals surface area contributed by atoms with E-state index in [1.807, 2.05) is 30.3 Å². The number of rotatable bonds is 8. The summed E-state index contributed by atoms with van der Waals surface area (Å²) in [5.41, 5.74) is 3.02. The van der Waals surface area contributed by atoms with E-state index in [4.69, 9.17) is 10.5 Å². The highest BCUT2D eigenvalue weighted by Gasteiger charge is 2.63. The minimum Gasteiger partial charge on any atom is -0.510 e. The van der Waals surface area contributed by atoms with E-state index in [0.29, 0.717) is 11.3 Å². The largest absolute Gasteiger partial charge is 0.510 e. The Bertz CT molecular complexity index is 1660. The van der Waals surface area contributed by atoms with E-state index in [0.717, 1.165) is 5.56 Å². The van der Waals surface area contributed by atoms with Crippen LogP contribution < -0.4 is 16.0 Å². The van der Waals surface area contributed by atoms with Gasteiger partial charge in [-0.15, -0.1) is 0 Å². The molecule has 3 aliphatic rings. The number of hydrogen-bond donors (Lipinski definition) is 6. The number of aliphatic hydroxyl groups excluding tert-OH is 2. The molecule has 0 spiro atoms. The molecule has 7 N–H and O–H groups in total. The molecular weight excluding hydrogens is 584 g/mol. The molecule has 0 saturated heterocycles. The number of amides is 2. The van der Waals surface area contributed by atoms with Crippen molar-refractivity contribution in [3.8, 4) is 5.75 Å². The first kappa shape index (κ1) is 31.7. The maximum atomic E-state index is 14.1. The lowest BCUT2D eigenvalue weighted by atomic mass is 9.58. The number of carbonyl (C=O) groups is 4. The summed E-state index contributed by atoms with van der Waals surface area (Å²) in [6.45, 7) is -0.154. The van der Waals surface area contributed by atoms with Gasteiger partial charge in [0.15, 0.2) is 17.1 Å². The molecule has 4 atom stereocenters. The van der Waals surface area contributed by atoms with Gasteiger partial charge in [-0.05, 0) is 50.0 Å². The van der Waals surface area contributed by atoms with Gasteiger partial charge in [-0.3, -0.25) is 24.1 Å². The molecule has 2 aromatic carbocycles. The van der Waals surface area contributed by atoms with Crippen molar-refractivity contribution >= 4 is 34.8 Å². The molecule has 0 radical (unpaired) electrons. The number of likely N-dealkylation sites (N-methyl/N-ethyl adjacent to an activating group) is 1. The van der Waals surface area contributed by atoms with Crippen molar-refractivity contribution in [1.29, 1.82) is 0 Å². The number of hydrogen-bond acceptors (Lipinski definition) is 11. The zero-order valence-corrected chi connectivity index (χ0v) is 25.3. The van der Waals surface area contributed by atoms with Crippen LogP contribution in [0, 0.1) is 11.8 Å². The number of Topliss-reactive ketones (excluding diaryl/α,β-unsaturated/α-hetero) is 2. The highest BCUT2D eigenvalue weighted by atomic mass is 16.5. The Kier molecular flexibility index (Phi) is 8.21. The fourth-order valence-electron chi connectivity index (χ4n) is 6.82. The quantitative estimate of drug-likeness (QED) is 0.184. The molecule has 45 heavy (non-hydrogen) atoms. The Morgan fingerprint density at radius 3 is 2.36 bits per heavy atom. The molecule has 2 amide bonds. The van der Waals surface area contributed by atoms with E-state index in [1.165, 1.54) is 11.0 Å². The van der Waals surface area contributed by atoms with Crippen molar-refractivity contribution in [3.63, 3.8) is 0 Å². The SMILES string of the molecule is CN(C)c1cc(NC(=O)COCc2ccccc2)c(O)c2c1CC1CC3[C@H](N(C)C)C(O)=C(C(N)=O)C(=O)[C@@]3(O)C(O)=C1C2=O. The molecule has 2 aromatic rings. The Morgan fingerprint density at radius 2 is 1.76 bits per heavy atom. The van der Waals surface area contributed by atoms with Gasteiger partial charge in [0, 0.05) is 31.3 Å². The Balaban J connectivity index is 1.54. The summed E-state index contributed by atoms with van der Waals surface area (Å²) in [5.74, 6) is -8.04. The predicted octanol–water partition coefficient (Wildman–Crippen LogP) is 1.34. The lowest BCUT2D eigenvalue weighted by Gasteiger charge is -2.50. The number of benzene rings is 2. The lowest BCUT2D eigenvalue weighted by molar-refractivity contribution is -0.148. The fourth-order valence-corrected chi connectivity index (χ4v) is 6.82. The van der Waals surface area contributed by atoms with Crippen molar-refractivity contribution < 1.29 is 44.3 Å². The molecule has 0 bridgehead atoms.